The minimum absolute atomic E-state index is 0.0823. The Morgan fingerprint density at radius 1 is 0.920 bits per heavy atom. The normalized spacial score (nSPS) is 11.0. The molecule has 3 rings (SSSR count). The van der Waals surface area contributed by atoms with Gasteiger partial charge in [-0.25, -0.2) is 8.42 Å². The maximum atomic E-state index is 12.3. The van der Waals surface area contributed by atoms with Gasteiger partial charge in [0, 0.05) is 11.3 Å². The molecule has 25 heavy (non-hydrogen) atoms. The second-order valence-electron chi connectivity index (χ2n) is 5.26. The predicted molar refractivity (Wildman–Crippen MR) is 93.6 cm³/mol. The molecule has 7 heteroatoms. The molecule has 0 bridgehead atoms. The molecule has 0 unspecified atom stereocenters. The Hall–Kier alpha value is -3.06. The van der Waals surface area contributed by atoms with Gasteiger partial charge in [-0.1, -0.05) is 18.2 Å². The lowest BCUT2D eigenvalue weighted by molar-refractivity contribution is 0.0948. The van der Waals surface area contributed by atoms with Gasteiger partial charge in [-0.2, -0.15) is 0 Å². The third kappa shape index (κ3) is 4.27. The van der Waals surface area contributed by atoms with Gasteiger partial charge < -0.3 is 9.73 Å². The van der Waals surface area contributed by atoms with Crippen molar-refractivity contribution in [2.24, 2.45) is 0 Å². The Bertz CT molecular complexity index is 935. The molecular formula is C18H16N2O4S. The fourth-order valence-corrected chi connectivity index (χ4v) is 3.25. The number of furan rings is 1. The summed E-state index contributed by atoms with van der Waals surface area (Å²) in [4.78, 5) is 12.2. The third-order valence-electron chi connectivity index (χ3n) is 3.46. The zero-order valence-electron chi connectivity index (χ0n) is 13.2. The van der Waals surface area contributed by atoms with Crippen LogP contribution in [0.1, 0.15) is 16.1 Å². The van der Waals surface area contributed by atoms with Crippen LogP contribution in [0.5, 0.6) is 0 Å². The Balaban J connectivity index is 1.67. The quantitative estimate of drug-likeness (QED) is 0.711. The Labute approximate surface area is 145 Å². The highest BCUT2D eigenvalue weighted by Crippen LogP contribution is 2.16. The van der Waals surface area contributed by atoms with Crippen molar-refractivity contribution in [1.82, 2.24) is 5.32 Å². The fraction of sp³-hybridized carbons (Fsp3) is 0.0556. The van der Waals surface area contributed by atoms with E-state index in [-0.39, 0.29) is 17.3 Å². The van der Waals surface area contributed by atoms with Crippen LogP contribution in [0.4, 0.5) is 5.69 Å². The van der Waals surface area contributed by atoms with Gasteiger partial charge in [0.1, 0.15) is 5.76 Å². The largest absolute Gasteiger partial charge is 0.467 e. The first kappa shape index (κ1) is 16.8. The van der Waals surface area contributed by atoms with Crippen LogP contribution in [-0.2, 0) is 16.6 Å². The lowest BCUT2D eigenvalue weighted by Crippen LogP contribution is -2.22. The minimum Gasteiger partial charge on any atom is -0.467 e. The number of anilines is 1. The van der Waals surface area contributed by atoms with Gasteiger partial charge in [0.15, 0.2) is 0 Å². The maximum absolute atomic E-state index is 12.3. The number of amides is 1. The van der Waals surface area contributed by atoms with E-state index in [1.54, 1.807) is 42.5 Å². The van der Waals surface area contributed by atoms with Crippen molar-refractivity contribution >= 4 is 21.6 Å². The molecule has 2 N–H and O–H groups in total. The molecule has 0 fully saturated rings. The van der Waals surface area contributed by atoms with Gasteiger partial charge in [-0.05, 0) is 48.5 Å². The predicted octanol–water partition coefficient (Wildman–Crippen LogP) is 3.01. The molecule has 0 aliphatic heterocycles. The summed E-state index contributed by atoms with van der Waals surface area (Å²) in [6, 6.07) is 17.8. The first-order valence-electron chi connectivity index (χ1n) is 7.53. The standard InChI is InChI=1S/C18H16N2O4S/c21-18(19-13-16-7-4-12-24-16)14-8-10-17(11-9-14)25(22,23)20-15-5-2-1-3-6-15/h1-12,20H,13H2,(H,19,21). The molecule has 0 spiro atoms. The van der Waals surface area contributed by atoms with E-state index in [0.717, 1.165) is 0 Å². The molecule has 1 aromatic heterocycles. The molecule has 3 aromatic rings. The Morgan fingerprint density at radius 2 is 1.64 bits per heavy atom. The molecule has 0 saturated carbocycles. The van der Waals surface area contributed by atoms with Crippen molar-refractivity contribution in [2.75, 3.05) is 4.72 Å². The van der Waals surface area contributed by atoms with Crippen LogP contribution >= 0.6 is 0 Å². The SMILES string of the molecule is O=C(NCc1ccco1)c1ccc(S(=O)(=O)Nc2ccccc2)cc1. The number of carbonyl (C=O) groups excluding carboxylic acids is 1. The van der Waals surface area contributed by atoms with E-state index >= 15 is 0 Å². The second-order valence-corrected chi connectivity index (χ2v) is 6.94. The summed E-state index contributed by atoms with van der Waals surface area (Å²) in [6.45, 7) is 0.265. The molecular weight excluding hydrogens is 340 g/mol. The molecule has 128 valence electrons. The fourth-order valence-electron chi connectivity index (χ4n) is 2.19. The van der Waals surface area contributed by atoms with Crippen LogP contribution in [-0.4, -0.2) is 14.3 Å². The summed E-state index contributed by atoms with van der Waals surface area (Å²) in [5, 5.41) is 2.70. The summed E-state index contributed by atoms with van der Waals surface area (Å²) in [5.74, 6) is 0.330. The summed E-state index contributed by atoms with van der Waals surface area (Å²) < 4.78 is 32.3. The topological polar surface area (TPSA) is 88.4 Å². The molecule has 0 radical (unpaired) electrons. The molecule has 1 heterocycles. The highest BCUT2D eigenvalue weighted by molar-refractivity contribution is 7.92. The minimum atomic E-state index is -3.70. The monoisotopic (exact) mass is 356 g/mol. The van der Waals surface area contributed by atoms with E-state index in [1.165, 1.54) is 30.5 Å². The van der Waals surface area contributed by atoms with Crippen LogP contribution in [0.3, 0.4) is 0 Å². The van der Waals surface area contributed by atoms with Gasteiger partial charge >= 0.3 is 0 Å². The van der Waals surface area contributed by atoms with Gasteiger partial charge in [-0.3, -0.25) is 9.52 Å². The van der Waals surface area contributed by atoms with Gasteiger partial charge in [0.2, 0.25) is 0 Å². The highest BCUT2D eigenvalue weighted by Gasteiger charge is 2.15. The Kier molecular flexibility index (Phi) is 4.85. The van der Waals surface area contributed by atoms with E-state index in [4.69, 9.17) is 4.42 Å². The average molecular weight is 356 g/mol. The number of hydrogen-bond acceptors (Lipinski definition) is 4. The molecule has 6 nitrogen and oxygen atoms in total. The average Bonchev–Trinajstić information content (AvgIpc) is 3.14. The van der Waals surface area contributed by atoms with Crippen molar-refractivity contribution in [3.63, 3.8) is 0 Å². The number of hydrogen-bond donors (Lipinski definition) is 2. The molecule has 0 aliphatic carbocycles. The van der Waals surface area contributed by atoms with E-state index in [9.17, 15) is 13.2 Å². The zero-order chi connectivity index (χ0) is 17.7. The number of sulfonamides is 1. The number of carbonyl (C=O) groups is 1. The van der Waals surface area contributed by atoms with E-state index < -0.39 is 10.0 Å². The van der Waals surface area contributed by atoms with E-state index in [0.29, 0.717) is 17.0 Å². The van der Waals surface area contributed by atoms with Crippen LogP contribution < -0.4 is 10.0 Å². The van der Waals surface area contributed by atoms with E-state index in [1.807, 2.05) is 0 Å². The van der Waals surface area contributed by atoms with Crippen LogP contribution in [0, 0.1) is 0 Å². The van der Waals surface area contributed by atoms with Crippen molar-refractivity contribution in [3.8, 4) is 0 Å². The Morgan fingerprint density at radius 3 is 2.28 bits per heavy atom. The van der Waals surface area contributed by atoms with Crippen LogP contribution in [0.25, 0.3) is 0 Å². The number of benzene rings is 2. The lowest BCUT2D eigenvalue weighted by atomic mass is 10.2. The maximum Gasteiger partial charge on any atom is 0.261 e. The van der Waals surface area contributed by atoms with E-state index in [2.05, 4.69) is 10.0 Å². The molecule has 0 aliphatic rings. The highest BCUT2D eigenvalue weighted by atomic mass is 32.2. The first-order valence-corrected chi connectivity index (χ1v) is 9.01. The number of rotatable bonds is 6. The van der Waals surface area contributed by atoms with Crippen LogP contribution in [0.15, 0.2) is 82.3 Å². The molecule has 0 atom stereocenters. The summed E-state index contributed by atoms with van der Waals surface area (Å²) in [6.07, 6.45) is 1.53. The first-order chi connectivity index (χ1) is 12.0. The molecule has 2 aromatic carbocycles. The summed E-state index contributed by atoms with van der Waals surface area (Å²) in [7, 11) is -3.70. The lowest BCUT2D eigenvalue weighted by Gasteiger charge is -2.09. The zero-order valence-corrected chi connectivity index (χ0v) is 14.0. The molecule has 1 amide bonds. The summed E-state index contributed by atoms with van der Waals surface area (Å²) >= 11 is 0. The summed E-state index contributed by atoms with van der Waals surface area (Å²) in [5.41, 5.74) is 0.841. The van der Waals surface area contributed by atoms with Crippen LogP contribution in [0.2, 0.25) is 0 Å². The van der Waals surface area contributed by atoms with Gasteiger partial charge in [0.05, 0.1) is 17.7 Å². The van der Waals surface area contributed by atoms with Crippen molar-refractivity contribution in [1.29, 1.82) is 0 Å². The smallest absolute Gasteiger partial charge is 0.261 e. The second kappa shape index (κ2) is 7.23. The number of nitrogens with one attached hydrogen (secondary N) is 2. The van der Waals surface area contributed by atoms with Crippen molar-refractivity contribution in [2.45, 2.75) is 11.4 Å². The third-order valence-corrected chi connectivity index (χ3v) is 4.85. The van der Waals surface area contributed by atoms with Gasteiger partial charge in [-0.15, -0.1) is 0 Å². The molecule has 0 saturated heterocycles. The van der Waals surface area contributed by atoms with Gasteiger partial charge in [0.25, 0.3) is 15.9 Å². The van der Waals surface area contributed by atoms with Crippen molar-refractivity contribution < 1.29 is 17.6 Å². The van der Waals surface area contributed by atoms with Crippen molar-refractivity contribution in [3.05, 3.63) is 84.3 Å². The number of para-hydroxylation sites is 1.